The molecule has 0 spiro atoms. The van der Waals surface area contributed by atoms with Crippen LogP contribution in [0.25, 0.3) is 0 Å². The Labute approximate surface area is 103 Å². The molecule has 2 fully saturated rings. The van der Waals surface area contributed by atoms with E-state index in [0.717, 1.165) is 0 Å². The van der Waals surface area contributed by atoms with Gasteiger partial charge in [0.1, 0.15) is 0 Å². The van der Waals surface area contributed by atoms with Crippen molar-refractivity contribution in [3.8, 4) is 0 Å². The Hall–Kier alpha value is -0.420. The molecule has 0 N–H and O–H groups in total. The summed E-state index contributed by atoms with van der Waals surface area (Å²) in [4.78, 5) is 0. The normalized spacial score (nSPS) is 36.9. The Kier molecular flexibility index (Phi) is 3.34. The van der Waals surface area contributed by atoms with Crippen LogP contribution in [0, 0.1) is 5.92 Å². The molecule has 1 unspecified atom stereocenters. The SMILES string of the molecule is C=CC([C@@H]1COC(C)(C)O1)[C@H]1COC(C)(C)O1. The lowest BCUT2D eigenvalue weighted by molar-refractivity contribution is -0.161. The molecule has 0 aromatic rings. The highest BCUT2D eigenvalue weighted by Crippen LogP contribution is 2.34. The molecule has 4 nitrogen and oxygen atoms in total. The van der Waals surface area contributed by atoms with Crippen LogP contribution < -0.4 is 0 Å². The average Bonchev–Trinajstić information content (AvgIpc) is 2.72. The minimum absolute atomic E-state index is 0.00926. The fourth-order valence-electron chi connectivity index (χ4n) is 2.35. The molecule has 3 atom stereocenters. The third kappa shape index (κ3) is 2.88. The maximum absolute atomic E-state index is 5.85. The smallest absolute Gasteiger partial charge is 0.163 e. The summed E-state index contributed by atoms with van der Waals surface area (Å²) < 4.78 is 22.9. The minimum Gasteiger partial charge on any atom is -0.348 e. The van der Waals surface area contributed by atoms with Gasteiger partial charge in [-0.25, -0.2) is 0 Å². The predicted octanol–water partition coefficient (Wildman–Crippen LogP) is 2.09. The number of hydrogen-bond donors (Lipinski definition) is 0. The molecule has 0 aromatic heterocycles. The van der Waals surface area contributed by atoms with Crippen molar-refractivity contribution in [1.29, 1.82) is 0 Å². The quantitative estimate of drug-likeness (QED) is 0.710. The van der Waals surface area contributed by atoms with Crippen LogP contribution in [0.5, 0.6) is 0 Å². The number of ether oxygens (including phenoxy) is 4. The molecular formula is C13H22O4. The summed E-state index contributed by atoms with van der Waals surface area (Å²) in [5, 5.41) is 0. The van der Waals surface area contributed by atoms with E-state index in [-0.39, 0.29) is 18.1 Å². The first-order chi connectivity index (χ1) is 7.83. The molecule has 2 heterocycles. The number of hydrogen-bond acceptors (Lipinski definition) is 4. The maximum Gasteiger partial charge on any atom is 0.163 e. The molecule has 0 aromatic carbocycles. The van der Waals surface area contributed by atoms with E-state index < -0.39 is 11.6 Å². The van der Waals surface area contributed by atoms with Crippen molar-refractivity contribution in [2.75, 3.05) is 13.2 Å². The Morgan fingerprint density at radius 1 is 1.00 bits per heavy atom. The zero-order valence-corrected chi connectivity index (χ0v) is 11.1. The monoisotopic (exact) mass is 242 g/mol. The summed E-state index contributed by atoms with van der Waals surface area (Å²) in [6.07, 6.45) is 1.86. The maximum atomic E-state index is 5.85. The minimum atomic E-state index is -0.513. The molecule has 0 bridgehead atoms. The summed E-state index contributed by atoms with van der Waals surface area (Å²) in [5.74, 6) is -0.930. The van der Waals surface area contributed by atoms with Gasteiger partial charge in [-0.1, -0.05) is 6.08 Å². The van der Waals surface area contributed by atoms with Gasteiger partial charge in [-0.05, 0) is 27.7 Å². The second-order valence-electron chi connectivity index (χ2n) is 5.55. The van der Waals surface area contributed by atoms with Gasteiger partial charge < -0.3 is 18.9 Å². The van der Waals surface area contributed by atoms with Crippen molar-refractivity contribution in [2.45, 2.75) is 51.5 Å². The first-order valence-electron chi connectivity index (χ1n) is 6.09. The van der Waals surface area contributed by atoms with E-state index >= 15 is 0 Å². The molecule has 2 rings (SSSR count). The van der Waals surface area contributed by atoms with E-state index in [2.05, 4.69) is 6.58 Å². The molecule has 2 aliphatic rings. The standard InChI is InChI=1S/C13H22O4/c1-6-9(10-7-14-12(2,3)16-10)11-8-15-13(4,5)17-11/h6,9-11H,1,7-8H2,2-5H3/t9?,10-,11+. The van der Waals surface area contributed by atoms with E-state index in [1.807, 2.05) is 33.8 Å². The first-order valence-corrected chi connectivity index (χ1v) is 6.09. The molecule has 98 valence electrons. The molecule has 2 saturated heterocycles. The van der Waals surface area contributed by atoms with Crippen LogP contribution in [0.2, 0.25) is 0 Å². The summed E-state index contributed by atoms with van der Waals surface area (Å²) in [7, 11) is 0. The molecule has 0 amide bonds. The summed E-state index contributed by atoms with van der Waals surface area (Å²) in [5.41, 5.74) is 0. The Morgan fingerprint density at radius 2 is 1.41 bits per heavy atom. The van der Waals surface area contributed by atoms with Crippen LogP contribution in [0.3, 0.4) is 0 Å². The molecule has 0 saturated carbocycles. The van der Waals surface area contributed by atoms with Crippen molar-refractivity contribution in [1.82, 2.24) is 0 Å². The van der Waals surface area contributed by atoms with Gasteiger partial charge >= 0.3 is 0 Å². The van der Waals surface area contributed by atoms with Gasteiger partial charge in [0.25, 0.3) is 0 Å². The van der Waals surface area contributed by atoms with Crippen molar-refractivity contribution < 1.29 is 18.9 Å². The highest BCUT2D eigenvalue weighted by Gasteiger charge is 2.44. The largest absolute Gasteiger partial charge is 0.348 e. The third-order valence-corrected chi connectivity index (χ3v) is 3.19. The second-order valence-corrected chi connectivity index (χ2v) is 5.55. The van der Waals surface area contributed by atoms with Gasteiger partial charge in [0, 0.05) is 5.92 Å². The van der Waals surface area contributed by atoms with Crippen LogP contribution >= 0.6 is 0 Å². The molecule has 0 aliphatic carbocycles. The van der Waals surface area contributed by atoms with Crippen molar-refractivity contribution in [3.05, 3.63) is 12.7 Å². The first kappa shape index (κ1) is 13.0. The Balaban J connectivity index is 2.01. The molecule has 2 aliphatic heterocycles. The number of rotatable bonds is 3. The second kappa shape index (κ2) is 4.35. The van der Waals surface area contributed by atoms with Crippen LogP contribution in [-0.4, -0.2) is 37.0 Å². The Morgan fingerprint density at radius 3 is 1.65 bits per heavy atom. The summed E-state index contributed by atoms with van der Waals surface area (Å²) in [6.45, 7) is 12.7. The van der Waals surface area contributed by atoms with Crippen molar-refractivity contribution in [2.24, 2.45) is 5.92 Å². The van der Waals surface area contributed by atoms with Crippen LogP contribution in [0.15, 0.2) is 12.7 Å². The lowest BCUT2D eigenvalue weighted by atomic mass is 9.97. The summed E-state index contributed by atoms with van der Waals surface area (Å²) >= 11 is 0. The topological polar surface area (TPSA) is 36.9 Å². The lowest BCUT2D eigenvalue weighted by Crippen LogP contribution is -2.35. The zero-order chi connectivity index (χ0) is 12.7. The molecule has 4 heteroatoms. The third-order valence-electron chi connectivity index (χ3n) is 3.19. The van der Waals surface area contributed by atoms with Gasteiger partial charge in [-0.3, -0.25) is 0 Å². The predicted molar refractivity (Wildman–Crippen MR) is 63.5 cm³/mol. The van der Waals surface area contributed by atoms with Gasteiger partial charge in [0.15, 0.2) is 11.6 Å². The highest BCUT2D eigenvalue weighted by atomic mass is 16.8. The zero-order valence-electron chi connectivity index (χ0n) is 11.1. The highest BCUT2D eigenvalue weighted by molar-refractivity contribution is 4.96. The molecule has 0 radical (unpaired) electrons. The fourth-order valence-corrected chi connectivity index (χ4v) is 2.35. The fraction of sp³-hybridized carbons (Fsp3) is 0.846. The van der Waals surface area contributed by atoms with Gasteiger partial charge in [0.2, 0.25) is 0 Å². The van der Waals surface area contributed by atoms with Crippen molar-refractivity contribution >= 4 is 0 Å². The summed E-state index contributed by atoms with van der Waals surface area (Å²) in [6, 6.07) is 0. The van der Waals surface area contributed by atoms with E-state index in [0.29, 0.717) is 13.2 Å². The van der Waals surface area contributed by atoms with Crippen LogP contribution in [-0.2, 0) is 18.9 Å². The van der Waals surface area contributed by atoms with Crippen LogP contribution in [0.4, 0.5) is 0 Å². The van der Waals surface area contributed by atoms with Gasteiger partial charge in [-0.2, -0.15) is 0 Å². The Bertz CT molecular complexity index is 272. The van der Waals surface area contributed by atoms with E-state index in [9.17, 15) is 0 Å². The van der Waals surface area contributed by atoms with Crippen LogP contribution in [0.1, 0.15) is 27.7 Å². The van der Waals surface area contributed by atoms with E-state index in [4.69, 9.17) is 18.9 Å². The van der Waals surface area contributed by atoms with E-state index in [1.54, 1.807) is 0 Å². The molecule has 17 heavy (non-hydrogen) atoms. The van der Waals surface area contributed by atoms with Gasteiger partial charge in [-0.15, -0.1) is 6.58 Å². The molecular weight excluding hydrogens is 220 g/mol. The van der Waals surface area contributed by atoms with E-state index in [1.165, 1.54) is 0 Å². The van der Waals surface area contributed by atoms with Gasteiger partial charge in [0.05, 0.1) is 25.4 Å². The average molecular weight is 242 g/mol. The van der Waals surface area contributed by atoms with Crippen molar-refractivity contribution in [3.63, 3.8) is 0 Å². The lowest BCUT2D eigenvalue weighted by Gasteiger charge is -2.26.